The predicted molar refractivity (Wildman–Crippen MR) is 118 cm³/mol. The predicted octanol–water partition coefficient (Wildman–Crippen LogP) is 4.26. The van der Waals surface area contributed by atoms with Crippen LogP contribution in [0.3, 0.4) is 0 Å². The van der Waals surface area contributed by atoms with Gasteiger partial charge in [0.15, 0.2) is 5.65 Å². The van der Waals surface area contributed by atoms with Crippen LogP contribution in [0.1, 0.15) is 29.9 Å². The van der Waals surface area contributed by atoms with Gasteiger partial charge in [-0.05, 0) is 45.0 Å². The van der Waals surface area contributed by atoms with Crippen molar-refractivity contribution in [2.24, 2.45) is 7.05 Å². The molecule has 0 radical (unpaired) electrons. The van der Waals surface area contributed by atoms with E-state index in [0.717, 1.165) is 16.8 Å². The third-order valence-electron chi connectivity index (χ3n) is 5.26. The molecule has 30 heavy (non-hydrogen) atoms. The molecule has 1 amide bonds. The summed E-state index contributed by atoms with van der Waals surface area (Å²) in [7, 11) is 1.85. The van der Waals surface area contributed by atoms with Crippen molar-refractivity contribution in [2.75, 3.05) is 13.1 Å². The first-order chi connectivity index (χ1) is 14.5. The first-order valence-corrected chi connectivity index (χ1v) is 10.3. The molecular formula is C22H23ClN6O. The van der Waals surface area contributed by atoms with E-state index in [1.807, 2.05) is 64.2 Å². The number of carbonyl (C=O) groups is 1. The van der Waals surface area contributed by atoms with E-state index in [1.165, 1.54) is 0 Å². The van der Waals surface area contributed by atoms with E-state index in [9.17, 15) is 4.79 Å². The lowest BCUT2D eigenvalue weighted by molar-refractivity contribution is 0.0775. The molecular weight excluding hydrogens is 400 g/mol. The van der Waals surface area contributed by atoms with E-state index in [1.54, 1.807) is 20.5 Å². The summed E-state index contributed by atoms with van der Waals surface area (Å²) in [4.78, 5) is 20.1. The SMILES string of the molecule is CCN(CC)C(=O)c1cc(-c2ccnn2C)nc2c1c(C)nn2-c1ccccc1Cl. The van der Waals surface area contributed by atoms with Crippen LogP contribution in [0.5, 0.6) is 0 Å². The minimum absolute atomic E-state index is 0.0439. The molecule has 8 heteroatoms. The van der Waals surface area contributed by atoms with E-state index in [-0.39, 0.29) is 5.91 Å². The van der Waals surface area contributed by atoms with Gasteiger partial charge in [0.25, 0.3) is 5.91 Å². The lowest BCUT2D eigenvalue weighted by Gasteiger charge is -2.19. The Morgan fingerprint density at radius 3 is 2.53 bits per heavy atom. The maximum absolute atomic E-state index is 13.4. The second kappa shape index (κ2) is 7.91. The fourth-order valence-corrected chi connectivity index (χ4v) is 3.90. The maximum Gasteiger partial charge on any atom is 0.254 e. The number of hydrogen-bond acceptors (Lipinski definition) is 4. The maximum atomic E-state index is 13.4. The number of amides is 1. The standard InChI is InChI=1S/C22H23ClN6O/c1-5-28(6-2)22(30)15-13-17(19-11-12-24-27(19)4)25-21-20(15)14(3)26-29(21)18-10-8-7-9-16(18)23/h7-13H,5-6H2,1-4H3. The Balaban J connectivity index is 2.06. The Morgan fingerprint density at radius 2 is 1.90 bits per heavy atom. The van der Waals surface area contributed by atoms with Gasteiger partial charge in [-0.3, -0.25) is 9.48 Å². The number of benzene rings is 1. The number of halogens is 1. The van der Waals surface area contributed by atoms with Crippen LogP contribution in [0, 0.1) is 6.92 Å². The summed E-state index contributed by atoms with van der Waals surface area (Å²) in [6, 6.07) is 11.2. The fraction of sp³-hybridized carbons (Fsp3) is 0.273. The van der Waals surface area contributed by atoms with Crippen molar-refractivity contribution in [1.29, 1.82) is 0 Å². The number of hydrogen-bond donors (Lipinski definition) is 0. The Bertz CT molecular complexity index is 1240. The lowest BCUT2D eigenvalue weighted by Crippen LogP contribution is -2.30. The summed E-state index contributed by atoms with van der Waals surface area (Å²) in [5, 5.41) is 10.2. The molecule has 0 aliphatic heterocycles. The summed E-state index contributed by atoms with van der Waals surface area (Å²) in [5.41, 5.74) is 4.09. The molecule has 1 aromatic carbocycles. The van der Waals surface area contributed by atoms with Gasteiger partial charge in [-0.25, -0.2) is 9.67 Å². The number of para-hydroxylation sites is 1. The zero-order chi connectivity index (χ0) is 21.4. The average Bonchev–Trinajstić information content (AvgIpc) is 3.32. The molecule has 0 fully saturated rings. The van der Waals surface area contributed by atoms with Crippen molar-refractivity contribution >= 4 is 28.5 Å². The largest absolute Gasteiger partial charge is 0.339 e. The minimum atomic E-state index is -0.0439. The van der Waals surface area contributed by atoms with Crippen LogP contribution in [0.15, 0.2) is 42.6 Å². The number of pyridine rings is 1. The van der Waals surface area contributed by atoms with Crippen molar-refractivity contribution in [1.82, 2.24) is 29.4 Å². The van der Waals surface area contributed by atoms with Crippen LogP contribution < -0.4 is 0 Å². The molecule has 4 rings (SSSR count). The van der Waals surface area contributed by atoms with Crippen LogP contribution in [-0.4, -0.2) is 48.4 Å². The van der Waals surface area contributed by atoms with Crippen LogP contribution in [0.4, 0.5) is 0 Å². The highest BCUT2D eigenvalue weighted by Gasteiger charge is 2.24. The van der Waals surface area contributed by atoms with Crippen molar-refractivity contribution in [3.05, 3.63) is 58.9 Å². The zero-order valence-corrected chi connectivity index (χ0v) is 18.2. The smallest absolute Gasteiger partial charge is 0.254 e. The van der Waals surface area contributed by atoms with Gasteiger partial charge in [0.2, 0.25) is 0 Å². The summed E-state index contributed by atoms with van der Waals surface area (Å²) in [6.45, 7) is 7.08. The van der Waals surface area contributed by atoms with Crippen LogP contribution in [0.2, 0.25) is 5.02 Å². The molecule has 0 atom stereocenters. The van der Waals surface area contributed by atoms with E-state index in [4.69, 9.17) is 21.7 Å². The third-order valence-corrected chi connectivity index (χ3v) is 5.58. The first-order valence-electron chi connectivity index (χ1n) is 9.89. The van der Waals surface area contributed by atoms with E-state index in [0.29, 0.717) is 40.7 Å². The average molecular weight is 423 g/mol. The van der Waals surface area contributed by atoms with Gasteiger partial charge < -0.3 is 4.90 Å². The van der Waals surface area contributed by atoms with Gasteiger partial charge in [-0.2, -0.15) is 10.2 Å². The zero-order valence-electron chi connectivity index (χ0n) is 17.4. The topological polar surface area (TPSA) is 68.8 Å². The number of carbonyl (C=O) groups excluding carboxylic acids is 1. The molecule has 0 saturated carbocycles. The Labute approximate surface area is 179 Å². The Hall–Kier alpha value is -3.19. The lowest BCUT2D eigenvalue weighted by atomic mass is 10.1. The van der Waals surface area contributed by atoms with Gasteiger partial charge in [0.05, 0.1) is 38.7 Å². The van der Waals surface area contributed by atoms with Crippen molar-refractivity contribution < 1.29 is 4.79 Å². The molecule has 0 bridgehead atoms. The van der Waals surface area contributed by atoms with Gasteiger partial charge in [-0.15, -0.1) is 0 Å². The molecule has 154 valence electrons. The minimum Gasteiger partial charge on any atom is -0.339 e. The number of rotatable bonds is 5. The van der Waals surface area contributed by atoms with Crippen LogP contribution >= 0.6 is 11.6 Å². The van der Waals surface area contributed by atoms with Gasteiger partial charge in [0.1, 0.15) is 0 Å². The number of nitrogens with zero attached hydrogens (tertiary/aromatic N) is 6. The van der Waals surface area contributed by atoms with E-state index >= 15 is 0 Å². The third kappa shape index (κ3) is 3.25. The van der Waals surface area contributed by atoms with Gasteiger partial charge in [-0.1, -0.05) is 23.7 Å². The number of aryl methyl sites for hydroxylation is 2. The summed E-state index contributed by atoms with van der Waals surface area (Å²) >= 11 is 6.45. The summed E-state index contributed by atoms with van der Waals surface area (Å²) < 4.78 is 3.45. The highest BCUT2D eigenvalue weighted by Crippen LogP contribution is 2.31. The molecule has 0 aliphatic rings. The first kappa shape index (κ1) is 20.1. The molecule has 0 spiro atoms. The van der Waals surface area contributed by atoms with Crippen LogP contribution in [-0.2, 0) is 7.05 Å². The summed E-state index contributed by atoms with van der Waals surface area (Å²) in [6.07, 6.45) is 1.71. The molecule has 4 aromatic rings. The Morgan fingerprint density at radius 1 is 1.17 bits per heavy atom. The van der Waals surface area contributed by atoms with Crippen molar-refractivity contribution in [3.63, 3.8) is 0 Å². The molecule has 0 aliphatic carbocycles. The van der Waals surface area contributed by atoms with Crippen LogP contribution in [0.25, 0.3) is 28.1 Å². The van der Waals surface area contributed by atoms with E-state index in [2.05, 4.69) is 5.10 Å². The normalized spacial score (nSPS) is 11.2. The fourth-order valence-electron chi connectivity index (χ4n) is 3.69. The van der Waals surface area contributed by atoms with Crippen molar-refractivity contribution in [2.45, 2.75) is 20.8 Å². The molecule has 3 aromatic heterocycles. The molecule has 3 heterocycles. The van der Waals surface area contributed by atoms with Crippen molar-refractivity contribution in [3.8, 4) is 17.1 Å². The van der Waals surface area contributed by atoms with Gasteiger partial charge in [0, 0.05) is 26.3 Å². The molecule has 0 saturated heterocycles. The molecule has 7 nitrogen and oxygen atoms in total. The monoisotopic (exact) mass is 422 g/mol. The quantitative estimate of drug-likeness (QED) is 0.481. The second-order valence-electron chi connectivity index (χ2n) is 7.02. The molecule has 0 unspecified atom stereocenters. The van der Waals surface area contributed by atoms with Gasteiger partial charge >= 0.3 is 0 Å². The number of fused-ring (bicyclic) bond motifs is 1. The Kier molecular flexibility index (Phi) is 5.30. The number of aromatic nitrogens is 5. The molecule has 0 N–H and O–H groups in total. The summed E-state index contributed by atoms with van der Waals surface area (Å²) in [5.74, 6) is -0.0439. The highest BCUT2D eigenvalue weighted by atomic mass is 35.5. The highest BCUT2D eigenvalue weighted by molar-refractivity contribution is 6.32. The second-order valence-corrected chi connectivity index (χ2v) is 7.43. The van der Waals surface area contributed by atoms with E-state index < -0.39 is 0 Å².